The number of rotatable bonds is 8. The molecule has 1 aromatic heterocycles. The van der Waals surface area contributed by atoms with Crippen LogP contribution in [0.2, 0.25) is 0 Å². The summed E-state index contributed by atoms with van der Waals surface area (Å²) >= 11 is 0.960. The lowest BCUT2D eigenvalue weighted by Gasteiger charge is -2.17. The fraction of sp³-hybridized carbons (Fsp3) is 0.667. The number of hydrogen-bond acceptors (Lipinski definition) is 6. The first-order valence-electron chi connectivity index (χ1n) is 6.53. The van der Waals surface area contributed by atoms with E-state index in [9.17, 15) is 14.7 Å². The van der Waals surface area contributed by atoms with Crippen LogP contribution in [-0.2, 0) is 16.2 Å². The van der Waals surface area contributed by atoms with Gasteiger partial charge in [0.05, 0.1) is 5.75 Å². The molecule has 1 unspecified atom stereocenters. The minimum absolute atomic E-state index is 0.191. The van der Waals surface area contributed by atoms with Gasteiger partial charge in [-0.1, -0.05) is 25.6 Å². The number of amides is 1. The van der Waals surface area contributed by atoms with E-state index >= 15 is 0 Å². The Kier molecular flexibility index (Phi) is 6.63. The van der Waals surface area contributed by atoms with Gasteiger partial charge in [0.1, 0.15) is 12.6 Å². The van der Waals surface area contributed by atoms with Gasteiger partial charge in [0, 0.05) is 6.54 Å². The third kappa shape index (κ3) is 5.01. The summed E-state index contributed by atoms with van der Waals surface area (Å²) in [4.78, 5) is 22.7. The summed E-state index contributed by atoms with van der Waals surface area (Å²) in [6.45, 7) is 5.79. The molecule has 21 heavy (non-hydrogen) atoms. The van der Waals surface area contributed by atoms with Gasteiger partial charge in [-0.05, 0) is 12.8 Å². The first-order valence-corrected chi connectivity index (χ1v) is 7.52. The number of carbonyl (C=O) groups is 2. The van der Waals surface area contributed by atoms with Crippen molar-refractivity contribution in [2.45, 2.75) is 38.6 Å². The van der Waals surface area contributed by atoms with Crippen LogP contribution in [0.5, 0.6) is 0 Å². The normalized spacial score (nSPS) is 12.4. The zero-order valence-electron chi connectivity index (χ0n) is 12.2. The Hall–Kier alpha value is -1.61. The van der Waals surface area contributed by atoms with Crippen LogP contribution in [0.1, 0.15) is 32.6 Å². The Balaban J connectivity index is 2.89. The van der Waals surface area contributed by atoms with Crippen LogP contribution in [0.3, 0.4) is 0 Å². The average Bonchev–Trinajstić information content (AvgIpc) is 2.84. The van der Waals surface area contributed by atoms with Gasteiger partial charge in [-0.3, -0.25) is 14.2 Å². The quantitative estimate of drug-likeness (QED) is 0.590. The van der Waals surface area contributed by atoms with E-state index in [1.807, 2.05) is 13.8 Å². The van der Waals surface area contributed by atoms with Gasteiger partial charge in [-0.2, -0.15) is 0 Å². The van der Waals surface area contributed by atoms with E-state index in [4.69, 9.17) is 5.11 Å². The number of carbonyl (C=O) groups excluding carboxylic acids is 1. The molecule has 0 bridgehead atoms. The summed E-state index contributed by atoms with van der Waals surface area (Å²) in [5.74, 6) is -0.855. The van der Waals surface area contributed by atoms with E-state index in [1.54, 1.807) is 6.92 Å². The molecule has 0 spiro atoms. The van der Waals surface area contributed by atoms with Crippen molar-refractivity contribution in [3.05, 3.63) is 5.82 Å². The summed E-state index contributed by atoms with van der Waals surface area (Å²) in [5.41, 5.74) is 0. The number of carboxylic acid groups (broad SMARTS) is 1. The zero-order chi connectivity index (χ0) is 16.0. The van der Waals surface area contributed by atoms with Crippen molar-refractivity contribution in [3.8, 4) is 0 Å². The van der Waals surface area contributed by atoms with Gasteiger partial charge < -0.3 is 15.5 Å². The SMILES string of the molecule is CC(C)CNC(=O)C(C)n1c(CO)nnc1SCC(=O)O. The summed E-state index contributed by atoms with van der Waals surface area (Å²) in [5, 5.41) is 28.7. The molecule has 8 nitrogen and oxygen atoms in total. The van der Waals surface area contributed by atoms with Gasteiger partial charge in [-0.25, -0.2) is 0 Å². The predicted octanol–water partition coefficient (Wildman–Crippen LogP) is 0.280. The monoisotopic (exact) mass is 316 g/mol. The molecule has 1 atom stereocenters. The number of nitrogens with one attached hydrogen (secondary N) is 1. The largest absolute Gasteiger partial charge is 0.481 e. The smallest absolute Gasteiger partial charge is 0.313 e. The lowest BCUT2D eigenvalue weighted by atomic mass is 10.2. The van der Waals surface area contributed by atoms with Crippen LogP contribution in [0.25, 0.3) is 0 Å². The number of nitrogens with zero attached hydrogens (tertiary/aromatic N) is 3. The van der Waals surface area contributed by atoms with Gasteiger partial charge in [0.2, 0.25) is 5.91 Å². The molecule has 118 valence electrons. The topological polar surface area (TPSA) is 117 Å². The van der Waals surface area contributed by atoms with E-state index in [0.29, 0.717) is 17.6 Å². The average molecular weight is 316 g/mol. The van der Waals surface area contributed by atoms with Crippen molar-refractivity contribution in [3.63, 3.8) is 0 Å². The third-order valence-electron chi connectivity index (χ3n) is 2.65. The van der Waals surface area contributed by atoms with Crippen LogP contribution in [0, 0.1) is 5.92 Å². The molecule has 1 amide bonds. The molecule has 0 aliphatic heterocycles. The first-order chi connectivity index (χ1) is 9.86. The summed E-state index contributed by atoms with van der Waals surface area (Å²) in [6.07, 6.45) is 0. The minimum atomic E-state index is -0.989. The molecule has 0 aliphatic rings. The van der Waals surface area contributed by atoms with Gasteiger partial charge in [0.15, 0.2) is 11.0 Å². The second kappa shape index (κ2) is 7.99. The Labute approximate surface area is 126 Å². The van der Waals surface area contributed by atoms with Crippen LogP contribution in [-0.4, -0.2) is 49.2 Å². The molecule has 1 rings (SSSR count). The van der Waals surface area contributed by atoms with E-state index in [1.165, 1.54) is 4.57 Å². The van der Waals surface area contributed by atoms with Crippen molar-refractivity contribution in [1.82, 2.24) is 20.1 Å². The minimum Gasteiger partial charge on any atom is -0.481 e. The lowest BCUT2D eigenvalue weighted by Crippen LogP contribution is -2.34. The standard InChI is InChI=1S/C12H20N4O4S/c1-7(2)4-13-11(20)8(3)16-9(5-17)14-15-12(16)21-6-10(18)19/h7-8,17H,4-6H2,1-3H3,(H,13,20)(H,18,19). The molecule has 0 saturated carbocycles. The lowest BCUT2D eigenvalue weighted by molar-refractivity contribution is -0.133. The van der Waals surface area contributed by atoms with Crippen LogP contribution < -0.4 is 5.32 Å². The molecule has 0 fully saturated rings. The molecule has 1 aromatic rings. The van der Waals surface area contributed by atoms with Gasteiger partial charge >= 0.3 is 5.97 Å². The van der Waals surface area contributed by atoms with Gasteiger partial charge in [-0.15, -0.1) is 10.2 Å². The molecule has 9 heteroatoms. The summed E-state index contributed by atoms with van der Waals surface area (Å²) < 4.78 is 1.46. The highest BCUT2D eigenvalue weighted by Gasteiger charge is 2.23. The van der Waals surface area contributed by atoms with E-state index < -0.39 is 12.0 Å². The van der Waals surface area contributed by atoms with E-state index in [2.05, 4.69) is 15.5 Å². The van der Waals surface area contributed by atoms with Crippen molar-refractivity contribution in [1.29, 1.82) is 0 Å². The second-order valence-electron chi connectivity index (χ2n) is 4.92. The molecule has 0 saturated heterocycles. The molecular weight excluding hydrogens is 296 g/mol. The molecular formula is C12H20N4O4S. The van der Waals surface area contributed by atoms with E-state index in [-0.39, 0.29) is 24.1 Å². The number of carboxylic acids is 1. The fourth-order valence-electron chi connectivity index (χ4n) is 1.60. The fourth-order valence-corrected chi connectivity index (χ4v) is 2.35. The Bertz CT molecular complexity index is 503. The number of hydrogen-bond donors (Lipinski definition) is 3. The van der Waals surface area contributed by atoms with Crippen LogP contribution in [0.15, 0.2) is 5.16 Å². The maximum atomic E-state index is 12.1. The number of aromatic nitrogens is 3. The Morgan fingerprint density at radius 1 is 1.33 bits per heavy atom. The predicted molar refractivity (Wildman–Crippen MR) is 76.9 cm³/mol. The van der Waals surface area contributed by atoms with Gasteiger partial charge in [0.25, 0.3) is 0 Å². The number of thioether (sulfide) groups is 1. The second-order valence-corrected chi connectivity index (χ2v) is 5.87. The molecule has 0 aromatic carbocycles. The van der Waals surface area contributed by atoms with Crippen molar-refractivity contribution in [2.75, 3.05) is 12.3 Å². The summed E-state index contributed by atoms with van der Waals surface area (Å²) in [7, 11) is 0. The molecule has 1 heterocycles. The van der Waals surface area contributed by atoms with E-state index in [0.717, 1.165) is 11.8 Å². The van der Waals surface area contributed by atoms with Crippen molar-refractivity contribution in [2.24, 2.45) is 5.92 Å². The highest BCUT2D eigenvalue weighted by atomic mass is 32.2. The Morgan fingerprint density at radius 3 is 2.52 bits per heavy atom. The van der Waals surface area contributed by atoms with Crippen molar-refractivity contribution >= 4 is 23.6 Å². The Morgan fingerprint density at radius 2 is 2.00 bits per heavy atom. The molecule has 0 aliphatic carbocycles. The highest BCUT2D eigenvalue weighted by Crippen LogP contribution is 2.22. The highest BCUT2D eigenvalue weighted by molar-refractivity contribution is 7.99. The number of aliphatic carboxylic acids is 1. The third-order valence-corrected chi connectivity index (χ3v) is 3.58. The molecule has 3 N–H and O–H groups in total. The maximum Gasteiger partial charge on any atom is 0.313 e. The molecule has 0 radical (unpaired) electrons. The number of aliphatic hydroxyl groups is 1. The first kappa shape index (κ1) is 17.4. The number of aliphatic hydroxyl groups excluding tert-OH is 1. The maximum absolute atomic E-state index is 12.1. The summed E-state index contributed by atoms with van der Waals surface area (Å²) in [6, 6.07) is -0.628. The van der Waals surface area contributed by atoms with Crippen LogP contribution in [0.4, 0.5) is 0 Å². The zero-order valence-corrected chi connectivity index (χ0v) is 13.1. The van der Waals surface area contributed by atoms with Crippen LogP contribution >= 0.6 is 11.8 Å². The van der Waals surface area contributed by atoms with Crippen molar-refractivity contribution < 1.29 is 19.8 Å².